The van der Waals surface area contributed by atoms with Crippen LogP contribution in [0.1, 0.15) is 44.6 Å². The molecule has 1 aliphatic carbocycles. The Bertz CT molecular complexity index is 699. The van der Waals surface area contributed by atoms with Crippen molar-refractivity contribution in [2.24, 2.45) is 10.9 Å². The first kappa shape index (κ1) is 21.7. The molecule has 0 amide bonds. The van der Waals surface area contributed by atoms with Gasteiger partial charge < -0.3 is 20.3 Å². The Morgan fingerprint density at radius 3 is 2.52 bits per heavy atom. The molecule has 1 saturated carbocycles. The van der Waals surface area contributed by atoms with Gasteiger partial charge in [0, 0.05) is 44.7 Å². The van der Waals surface area contributed by atoms with Crippen molar-refractivity contribution in [1.29, 1.82) is 0 Å². The Balaban J connectivity index is 1.50. The van der Waals surface area contributed by atoms with Gasteiger partial charge in [-0.05, 0) is 36.8 Å². The molecule has 1 aromatic carbocycles. The lowest BCUT2D eigenvalue weighted by molar-refractivity contribution is -0.274. The van der Waals surface area contributed by atoms with Gasteiger partial charge in [-0.25, -0.2) is 0 Å². The average molecular weight is 413 g/mol. The zero-order valence-electron chi connectivity index (χ0n) is 17.3. The van der Waals surface area contributed by atoms with Crippen LogP contribution >= 0.6 is 0 Å². The molecule has 0 spiro atoms. The maximum atomic E-state index is 12.7. The molecule has 2 aliphatic rings. The number of halogens is 3. The molecule has 8 heteroatoms. The summed E-state index contributed by atoms with van der Waals surface area (Å²) in [6, 6.07) is 6.79. The van der Waals surface area contributed by atoms with Crippen molar-refractivity contribution in [2.75, 3.05) is 26.7 Å². The molecule has 1 heterocycles. The molecule has 2 fully saturated rings. The van der Waals surface area contributed by atoms with Gasteiger partial charge in [-0.15, -0.1) is 13.2 Å². The maximum Gasteiger partial charge on any atom is 0.573 e. The van der Waals surface area contributed by atoms with Crippen LogP contribution < -0.4 is 15.4 Å². The average Bonchev–Trinajstić information content (AvgIpc) is 3.40. The number of likely N-dealkylation sites (tertiary alicyclic amines) is 1. The summed E-state index contributed by atoms with van der Waals surface area (Å²) >= 11 is 0. The van der Waals surface area contributed by atoms with Gasteiger partial charge in [-0.1, -0.05) is 32.0 Å². The highest BCUT2D eigenvalue weighted by Crippen LogP contribution is 2.45. The third-order valence-corrected chi connectivity index (χ3v) is 5.43. The maximum absolute atomic E-state index is 12.7. The summed E-state index contributed by atoms with van der Waals surface area (Å²) in [4.78, 5) is 6.80. The number of hydrogen-bond donors (Lipinski definition) is 2. The van der Waals surface area contributed by atoms with Crippen LogP contribution in [0.25, 0.3) is 0 Å². The van der Waals surface area contributed by atoms with E-state index in [1.54, 1.807) is 25.2 Å². The number of guanidine groups is 1. The largest absolute Gasteiger partial charge is 0.573 e. The molecule has 1 aromatic rings. The highest BCUT2D eigenvalue weighted by atomic mass is 19.4. The molecule has 0 bridgehead atoms. The van der Waals surface area contributed by atoms with Gasteiger partial charge in [0.2, 0.25) is 0 Å². The fourth-order valence-electron chi connectivity index (χ4n) is 4.02. The SMILES string of the molecule is CN=C(NC1CCN(CC(C)C)CC1)NC1CC1c1ccccc1OC(F)(F)F. The molecule has 0 aromatic heterocycles. The molecule has 29 heavy (non-hydrogen) atoms. The van der Waals surface area contributed by atoms with Crippen LogP contribution in [0.2, 0.25) is 0 Å². The number of piperidine rings is 1. The highest BCUT2D eigenvalue weighted by Gasteiger charge is 2.42. The molecular formula is C21H31F3N4O. The Kier molecular flexibility index (Phi) is 6.93. The van der Waals surface area contributed by atoms with E-state index in [1.165, 1.54) is 6.07 Å². The number of benzene rings is 1. The summed E-state index contributed by atoms with van der Waals surface area (Å²) in [5.74, 6) is 1.26. The normalized spacial score (nSPS) is 23.9. The Morgan fingerprint density at radius 2 is 1.90 bits per heavy atom. The van der Waals surface area contributed by atoms with Crippen LogP contribution in [0.3, 0.4) is 0 Å². The molecule has 1 aliphatic heterocycles. The fourth-order valence-corrected chi connectivity index (χ4v) is 4.02. The van der Waals surface area contributed by atoms with E-state index in [4.69, 9.17) is 0 Å². The number of para-hydroxylation sites is 1. The molecular weight excluding hydrogens is 381 g/mol. The molecule has 0 radical (unpaired) electrons. The van der Waals surface area contributed by atoms with E-state index in [0.29, 0.717) is 23.5 Å². The zero-order valence-corrected chi connectivity index (χ0v) is 17.3. The van der Waals surface area contributed by atoms with E-state index in [9.17, 15) is 13.2 Å². The Morgan fingerprint density at radius 1 is 1.21 bits per heavy atom. The summed E-state index contributed by atoms with van der Waals surface area (Å²) in [6.07, 6.45) is -1.81. The van der Waals surface area contributed by atoms with Gasteiger partial charge in [-0.2, -0.15) is 0 Å². The monoisotopic (exact) mass is 412 g/mol. The van der Waals surface area contributed by atoms with Crippen molar-refractivity contribution in [1.82, 2.24) is 15.5 Å². The summed E-state index contributed by atoms with van der Waals surface area (Å²) < 4.78 is 42.2. The number of nitrogens with one attached hydrogen (secondary N) is 2. The first-order chi connectivity index (χ1) is 13.7. The molecule has 1 saturated heterocycles. The number of ether oxygens (including phenoxy) is 1. The molecule has 2 N–H and O–H groups in total. The predicted molar refractivity (Wildman–Crippen MR) is 108 cm³/mol. The smallest absolute Gasteiger partial charge is 0.405 e. The summed E-state index contributed by atoms with van der Waals surface area (Å²) in [6.45, 7) is 7.74. The second-order valence-electron chi connectivity index (χ2n) is 8.36. The first-order valence-electron chi connectivity index (χ1n) is 10.3. The second-order valence-corrected chi connectivity index (χ2v) is 8.36. The first-order valence-corrected chi connectivity index (χ1v) is 10.3. The lowest BCUT2D eigenvalue weighted by atomic mass is 10.0. The lowest BCUT2D eigenvalue weighted by Crippen LogP contribution is -2.49. The summed E-state index contributed by atoms with van der Waals surface area (Å²) in [5.41, 5.74) is 0.583. The number of hydrogen-bond acceptors (Lipinski definition) is 3. The fraction of sp³-hybridized carbons (Fsp3) is 0.667. The van der Waals surface area contributed by atoms with Crippen LogP contribution in [0.5, 0.6) is 5.75 Å². The van der Waals surface area contributed by atoms with Gasteiger partial charge in [0.15, 0.2) is 5.96 Å². The van der Waals surface area contributed by atoms with Crippen molar-refractivity contribution in [3.05, 3.63) is 29.8 Å². The quantitative estimate of drug-likeness (QED) is 0.552. The number of aliphatic imine (C=N–C) groups is 1. The van der Waals surface area contributed by atoms with E-state index < -0.39 is 6.36 Å². The highest BCUT2D eigenvalue weighted by molar-refractivity contribution is 5.81. The van der Waals surface area contributed by atoms with E-state index in [-0.39, 0.29) is 17.7 Å². The zero-order chi connectivity index (χ0) is 21.0. The molecule has 2 atom stereocenters. The van der Waals surface area contributed by atoms with Crippen molar-refractivity contribution < 1.29 is 17.9 Å². The second kappa shape index (κ2) is 9.24. The third kappa shape index (κ3) is 6.52. The van der Waals surface area contributed by atoms with Gasteiger partial charge in [0.25, 0.3) is 0 Å². The summed E-state index contributed by atoms with van der Waals surface area (Å²) in [5, 5.41) is 6.84. The minimum atomic E-state index is -4.68. The Labute approximate surface area is 170 Å². The van der Waals surface area contributed by atoms with Crippen LogP contribution in [0, 0.1) is 5.92 Å². The van der Waals surface area contributed by atoms with E-state index in [0.717, 1.165) is 38.9 Å². The molecule has 162 valence electrons. The number of rotatable bonds is 6. The number of nitrogens with zero attached hydrogens (tertiary/aromatic N) is 2. The lowest BCUT2D eigenvalue weighted by Gasteiger charge is -2.34. The van der Waals surface area contributed by atoms with Gasteiger partial charge in [-0.3, -0.25) is 4.99 Å². The third-order valence-electron chi connectivity index (χ3n) is 5.43. The van der Waals surface area contributed by atoms with E-state index >= 15 is 0 Å². The van der Waals surface area contributed by atoms with Crippen molar-refractivity contribution in [2.45, 2.75) is 57.5 Å². The van der Waals surface area contributed by atoms with Crippen LogP contribution in [-0.4, -0.2) is 56.0 Å². The van der Waals surface area contributed by atoms with E-state index in [2.05, 4.69) is 39.1 Å². The van der Waals surface area contributed by atoms with E-state index in [1.807, 2.05) is 0 Å². The van der Waals surface area contributed by atoms with Crippen LogP contribution in [0.4, 0.5) is 13.2 Å². The van der Waals surface area contributed by atoms with Crippen molar-refractivity contribution in [3.63, 3.8) is 0 Å². The predicted octanol–water partition coefficient (Wildman–Crippen LogP) is 3.73. The number of alkyl halides is 3. The van der Waals surface area contributed by atoms with Crippen molar-refractivity contribution in [3.8, 4) is 5.75 Å². The van der Waals surface area contributed by atoms with Gasteiger partial charge in [0.05, 0.1) is 0 Å². The van der Waals surface area contributed by atoms with Crippen LogP contribution in [-0.2, 0) is 0 Å². The molecule has 5 nitrogen and oxygen atoms in total. The summed E-state index contributed by atoms with van der Waals surface area (Å²) in [7, 11) is 1.72. The Hall–Kier alpha value is -1.96. The minimum Gasteiger partial charge on any atom is -0.405 e. The standard InChI is InChI=1S/C21H31F3N4O/c1-14(2)13-28-10-8-15(9-11-28)26-20(25-3)27-18-12-17(18)16-6-4-5-7-19(16)29-21(22,23)24/h4-7,14-15,17-18H,8-13H2,1-3H3,(H2,25,26,27). The van der Waals surface area contributed by atoms with Gasteiger partial charge in [0.1, 0.15) is 5.75 Å². The van der Waals surface area contributed by atoms with Crippen molar-refractivity contribution >= 4 is 5.96 Å². The molecule has 3 rings (SSSR count). The van der Waals surface area contributed by atoms with Gasteiger partial charge >= 0.3 is 6.36 Å². The minimum absolute atomic E-state index is 0.0139. The topological polar surface area (TPSA) is 48.9 Å². The molecule has 2 unspecified atom stereocenters. The van der Waals surface area contributed by atoms with Crippen LogP contribution in [0.15, 0.2) is 29.3 Å².